The van der Waals surface area contributed by atoms with E-state index in [0.717, 1.165) is 7.11 Å². The first-order valence-corrected chi connectivity index (χ1v) is 4.35. The number of methoxy groups -OCH3 is 1. The van der Waals surface area contributed by atoms with Crippen molar-refractivity contribution in [2.24, 2.45) is 5.73 Å². The van der Waals surface area contributed by atoms with Crippen molar-refractivity contribution in [1.29, 1.82) is 0 Å². The molecule has 0 aliphatic rings. The molecule has 1 rings (SSSR count). The highest BCUT2D eigenvalue weighted by molar-refractivity contribution is 5.25. The second-order valence-electron chi connectivity index (χ2n) is 3.10. The maximum atomic E-state index is 12.9. The minimum Gasteiger partial charge on any atom is -0.363 e. The van der Waals surface area contributed by atoms with Crippen LogP contribution in [-0.4, -0.2) is 19.8 Å². The van der Waals surface area contributed by atoms with E-state index in [1.807, 2.05) is 0 Å². The van der Waals surface area contributed by atoms with Crippen LogP contribution in [0.2, 0.25) is 0 Å². The van der Waals surface area contributed by atoms with Crippen molar-refractivity contribution >= 4 is 0 Å². The molecule has 1 aromatic carbocycles. The van der Waals surface area contributed by atoms with E-state index in [1.54, 1.807) is 6.07 Å². The second-order valence-corrected chi connectivity index (χ2v) is 3.10. The zero-order chi connectivity index (χ0) is 11.5. The molecular weight excluding hydrogens is 207 g/mol. The SMILES string of the molecule is CO[C@](CN)(c1ccccc1)C(F)(F)F. The lowest BCUT2D eigenvalue weighted by Crippen LogP contribution is -2.49. The number of halogens is 3. The average Bonchev–Trinajstić information content (AvgIpc) is 2.20. The van der Waals surface area contributed by atoms with Crippen LogP contribution in [0.25, 0.3) is 0 Å². The predicted octanol–water partition coefficient (Wildman–Crippen LogP) is 2.05. The monoisotopic (exact) mass is 219 g/mol. The first-order valence-electron chi connectivity index (χ1n) is 4.35. The van der Waals surface area contributed by atoms with Gasteiger partial charge in [0.05, 0.1) is 0 Å². The van der Waals surface area contributed by atoms with Gasteiger partial charge < -0.3 is 10.5 Å². The molecule has 0 heterocycles. The molecule has 2 N–H and O–H groups in total. The fourth-order valence-corrected chi connectivity index (χ4v) is 1.42. The molecule has 15 heavy (non-hydrogen) atoms. The van der Waals surface area contributed by atoms with E-state index in [2.05, 4.69) is 4.74 Å². The number of alkyl halides is 3. The fraction of sp³-hybridized carbons (Fsp3) is 0.400. The molecule has 0 aliphatic carbocycles. The topological polar surface area (TPSA) is 35.2 Å². The average molecular weight is 219 g/mol. The predicted molar refractivity (Wildman–Crippen MR) is 50.2 cm³/mol. The second kappa shape index (κ2) is 4.20. The molecule has 0 fully saturated rings. The van der Waals surface area contributed by atoms with E-state index < -0.39 is 18.3 Å². The van der Waals surface area contributed by atoms with E-state index >= 15 is 0 Å². The summed E-state index contributed by atoms with van der Waals surface area (Å²) in [7, 11) is 1.01. The van der Waals surface area contributed by atoms with Gasteiger partial charge in [-0.15, -0.1) is 0 Å². The van der Waals surface area contributed by atoms with Crippen molar-refractivity contribution in [1.82, 2.24) is 0 Å². The van der Waals surface area contributed by atoms with Gasteiger partial charge in [0.15, 0.2) is 0 Å². The van der Waals surface area contributed by atoms with Gasteiger partial charge in [-0.25, -0.2) is 0 Å². The lowest BCUT2D eigenvalue weighted by molar-refractivity contribution is -0.272. The van der Waals surface area contributed by atoms with Crippen molar-refractivity contribution in [2.45, 2.75) is 11.8 Å². The van der Waals surface area contributed by atoms with Crippen LogP contribution in [0.3, 0.4) is 0 Å². The molecule has 0 saturated heterocycles. The van der Waals surface area contributed by atoms with E-state index in [9.17, 15) is 13.2 Å². The number of ether oxygens (including phenoxy) is 1. The first kappa shape index (κ1) is 12.0. The normalized spacial score (nSPS) is 16.1. The van der Waals surface area contributed by atoms with Gasteiger partial charge in [-0.3, -0.25) is 0 Å². The molecule has 0 bridgehead atoms. The Morgan fingerprint density at radius 2 is 1.73 bits per heavy atom. The van der Waals surface area contributed by atoms with Gasteiger partial charge in [-0.1, -0.05) is 30.3 Å². The van der Waals surface area contributed by atoms with Gasteiger partial charge in [0.1, 0.15) is 0 Å². The summed E-state index contributed by atoms with van der Waals surface area (Å²) in [6.45, 7) is -0.642. The van der Waals surface area contributed by atoms with Crippen LogP contribution in [0.5, 0.6) is 0 Å². The van der Waals surface area contributed by atoms with E-state index in [4.69, 9.17) is 5.73 Å². The number of hydrogen-bond acceptors (Lipinski definition) is 2. The smallest absolute Gasteiger partial charge is 0.363 e. The molecule has 0 radical (unpaired) electrons. The van der Waals surface area contributed by atoms with Gasteiger partial charge in [-0.2, -0.15) is 13.2 Å². The Balaban J connectivity index is 3.24. The highest BCUT2D eigenvalue weighted by atomic mass is 19.4. The Morgan fingerprint density at radius 3 is 2.07 bits per heavy atom. The maximum absolute atomic E-state index is 12.9. The van der Waals surface area contributed by atoms with Gasteiger partial charge >= 0.3 is 6.18 Å². The molecule has 0 saturated carbocycles. The Labute approximate surface area is 85.8 Å². The van der Waals surface area contributed by atoms with Crippen molar-refractivity contribution in [2.75, 3.05) is 13.7 Å². The molecule has 1 aromatic rings. The summed E-state index contributed by atoms with van der Waals surface area (Å²) in [5.74, 6) is 0. The molecule has 0 spiro atoms. The fourth-order valence-electron chi connectivity index (χ4n) is 1.42. The Hall–Kier alpha value is -1.07. The summed E-state index contributed by atoms with van der Waals surface area (Å²) in [5, 5.41) is 0. The van der Waals surface area contributed by atoms with E-state index in [0.29, 0.717) is 0 Å². The van der Waals surface area contributed by atoms with Crippen LogP contribution >= 0.6 is 0 Å². The molecule has 84 valence electrons. The Bertz CT molecular complexity index is 306. The zero-order valence-electron chi connectivity index (χ0n) is 8.21. The largest absolute Gasteiger partial charge is 0.422 e. The maximum Gasteiger partial charge on any atom is 0.422 e. The van der Waals surface area contributed by atoms with Crippen LogP contribution in [0, 0.1) is 0 Å². The van der Waals surface area contributed by atoms with Crippen molar-refractivity contribution in [3.8, 4) is 0 Å². The minimum atomic E-state index is -4.53. The standard InChI is InChI=1S/C10H12F3NO/c1-15-9(7-14,10(11,12)13)8-5-3-2-4-6-8/h2-6H,7,14H2,1H3/t9-/m1/s1. The third-order valence-electron chi connectivity index (χ3n) is 2.33. The Morgan fingerprint density at radius 1 is 1.20 bits per heavy atom. The van der Waals surface area contributed by atoms with Crippen molar-refractivity contribution in [3.05, 3.63) is 35.9 Å². The van der Waals surface area contributed by atoms with Gasteiger partial charge in [0.2, 0.25) is 5.60 Å². The number of rotatable bonds is 3. The highest BCUT2D eigenvalue weighted by Crippen LogP contribution is 2.40. The first-order chi connectivity index (χ1) is 6.98. The molecule has 0 amide bonds. The summed E-state index contributed by atoms with van der Waals surface area (Å²) < 4.78 is 43.2. The summed E-state index contributed by atoms with van der Waals surface area (Å²) in [5.41, 5.74) is 2.80. The van der Waals surface area contributed by atoms with Gasteiger partial charge in [-0.05, 0) is 5.56 Å². The third-order valence-corrected chi connectivity index (χ3v) is 2.33. The molecule has 2 nitrogen and oxygen atoms in total. The van der Waals surface area contributed by atoms with Crippen LogP contribution in [0.4, 0.5) is 13.2 Å². The van der Waals surface area contributed by atoms with Crippen LogP contribution in [-0.2, 0) is 10.3 Å². The van der Waals surface area contributed by atoms with Crippen LogP contribution < -0.4 is 5.73 Å². The van der Waals surface area contributed by atoms with Crippen LogP contribution in [0.1, 0.15) is 5.56 Å². The molecule has 0 unspecified atom stereocenters. The van der Waals surface area contributed by atoms with Gasteiger partial charge in [0.25, 0.3) is 0 Å². The third kappa shape index (κ3) is 1.98. The summed E-state index contributed by atoms with van der Waals surface area (Å²) >= 11 is 0. The number of benzene rings is 1. The quantitative estimate of drug-likeness (QED) is 0.844. The highest BCUT2D eigenvalue weighted by Gasteiger charge is 2.55. The lowest BCUT2D eigenvalue weighted by atomic mass is 9.93. The molecule has 5 heteroatoms. The van der Waals surface area contributed by atoms with Crippen molar-refractivity contribution < 1.29 is 17.9 Å². The number of hydrogen-bond donors (Lipinski definition) is 1. The lowest BCUT2D eigenvalue weighted by Gasteiger charge is -2.33. The van der Waals surface area contributed by atoms with Crippen LogP contribution in [0.15, 0.2) is 30.3 Å². The van der Waals surface area contributed by atoms with Crippen molar-refractivity contribution in [3.63, 3.8) is 0 Å². The van der Waals surface area contributed by atoms with E-state index in [-0.39, 0.29) is 5.56 Å². The summed E-state index contributed by atoms with van der Waals surface area (Å²) in [6.07, 6.45) is -4.53. The van der Waals surface area contributed by atoms with Gasteiger partial charge in [0, 0.05) is 13.7 Å². The Kier molecular flexibility index (Phi) is 3.36. The molecule has 0 aliphatic heterocycles. The minimum absolute atomic E-state index is 0.0162. The summed E-state index contributed by atoms with van der Waals surface area (Å²) in [4.78, 5) is 0. The molecular formula is C10H12F3NO. The van der Waals surface area contributed by atoms with E-state index in [1.165, 1.54) is 24.3 Å². The zero-order valence-corrected chi connectivity index (χ0v) is 8.21. The summed E-state index contributed by atoms with van der Waals surface area (Å²) in [6, 6.07) is 7.37. The molecule has 1 atom stereocenters. The number of nitrogens with two attached hydrogens (primary N) is 1. The molecule has 0 aromatic heterocycles.